The Morgan fingerprint density at radius 3 is 2.21 bits per heavy atom. The second kappa shape index (κ2) is 9.40. The molecule has 0 saturated heterocycles. The Morgan fingerprint density at radius 2 is 1.61 bits per heavy atom. The lowest BCUT2D eigenvalue weighted by Crippen LogP contribution is -2.49. The summed E-state index contributed by atoms with van der Waals surface area (Å²) in [7, 11) is 0. The molecule has 170 valence electrons. The molecular formula is C25H24FN3O4. The van der Waals surface area contributed by atoms with Crippen molar-refractivity contribution in [2.24, 2.45) is 0 Å². The Bertz CT molecular complexity index is 1160. The van der Waals surface area contributed by atoms with Crippen molar-refractivity contribution in [1.29, 1.82) is 0 Å². The first-order chi connectivity index (χ1) is 15.8. The summed E-state index contributed by atoms with van der Waals surface area (Å²) in [5.41, 5.74) is 10.3. The lowest BCUT2D eigenvalue weighted by atomic mass is 10.0. The third kappa shape index (κ3) is 4.87. The van der Waals surface area contributed by atoms with Crippen molar-refractivity contribution in [3.05, 3.63) is 89.2 Å². The number of aliphatic hydroxyl groups excluding tert-OH is 2. The minimum atomic E-state index is -1.89. The Morgan fingerprint density at radius 1 is 0.970 bits per heavy atom. The molecule has 5 N–H and O–H groups in total. The van der Waals surface area contributed by atoms with Crippen LogP contribution in [-0.2, 0) is 29.2 Å². The van der Waals surface area contributed by atoms with Crippen LogP contribution in [-0.4, -0.2) is 39.1 Å². The zero-order valence-electron chi connectivity index (χ0n) is 17.7. The number of nitrogens with zero attached hydrogens (tertiary/aromatic N) is 1. The molecule has 0 saturated carbocycles. The van der Waals surface area contributed by atoms with Crippen molar-refractivity contribution in [2.75, 3.05) is 5.73 Å². The molecule has 0 unspecified atom stereocenters. The van der Waals surface area contributed by atoms with E-state index in [9.17, 15) is 24.2 Å². The van der Waals surface area contributed by atoms with Crippen LogP contribution in [0.15, 0.2) is 66.7 Å². The summed E-state index contributed by atoms with van der Waals surface area (Å²) in [5.74, 6) is -1.96. The lowest BCUT2D eigenvalue weighted by Gasteiger charge is -2.22. The van der Waals surface area contributed by atoms with Gasteiger partial charge in [-0.05, 0) is 40.5 Å². The molecule has 0 aromatic heterocycles. The van der Waals surface area contributed by atoms with E-state index in [0.717, 1.165) is 22.3 Å². The molecule has 7 nitrogen and oxygen atoms in total. The summed E-state index contributed by atoms with van der Waals surface area (Å²) in [5, 5.41) is 23.0. The van der Waals surface area contributed by atoms with Crippen molar-refractivity contribution in [1.82, 2.24) is 10.2 Å². The van der Waals surface area contributed by atoms with Gasteiger partial charge in [-0.3, -0.25) is 9.59 Å². The van der Waals surface area contributed by atoms with Gasteiger partial charge in [-0.25, -0.2) is 4.39 Å². The molecule has 4 rings (SSSR count). The normalized spacial score (nSPS) is 14.5. The first-order valence-corrected chi connectivity index (χ1v) is 10.5. The smallest absolute Gasteiger partial charge is 0.255 e. The highest BCUT2D eigenvalue weighted by Crippen LogP contribution is 2.27. The Hall–Kier alpha value is -3.75. The maximum atomic E-state index is 13.2. The fraction of sp³-hybridized carbons (Fsp3) is 0.200. The van der Waals surface area contributed by atoms with Crippen LogP contribution in [0, 0.1) is 5.82 Å². The summed E-state index contributed by atoms with van der Waals surface area (Å²) in [4.78, 5) is 26.3. The summed E-state index contributed by atoms with van der Waals surface area (Å²) in [6.45, 7) is 0.738. The van der Waals surface area contributed by atoms with Gasteiger partial charge in [0.2, 0.25) is 0 Å². The molecular weight excluding hydrogens is 425 g/mol. The van der Waals surface area contributed by atoms with Crippen LogP contribution in [0.1, 0.15) is 16.7 Å². The molecule has 0 bridgehead atoms. The number of nitrogens with one attached hydrogen (secondary N) is 1. The van der Waals surface area contributed by atoms with E-state index in [1.165, 1.54) is 17.0 Å². The van der Waals surface area contributed by atoms with E-state index < -0.39 is 29.8 Å². The van der Waals surface area contributed by atoms with Crippen molar-refractivity contribution < 1.29 is 24.2 Å². The highest BCUT2D eigenvalue weighted by molar-refractivity contribution is 5.91. The van der Waals surface area contributed by atoms with Gasteiger partial charge in [0.05, 0.1) is 0 Å². The van der Waals surface area contributed by atoms with Gasteiger partial charge in [0.1, 0.15) is 5.82 Å². The number of nitrogen functional groups attached to an aromatic ring is 1. The van der Waals surface area contributed by atoms with E-state index in [-0.39, 0.29) is 6.54 Å². The number of rotatable bonds is 6. The first-order valence-electron chi connectivity index (χ1n) is 10.5. The number of anilines is 1. The Balaban J connectivity index is 1.32. The third-order valence-corrected chi connectivity index (χ3v) is 5.72. The maximum absolute atomic E-state index is 13.2. The molecule has 0 radical (unpaired) electrons. The molecule has 1 aliphatic heterocycles. The van der Waals surface area contributed by atoms with Crippen molar-refractivity contribution in [3.63, 3.8) is 0 Å². The molecule has 8 heteroatoms. The topological polar surface area (TPSA) is 116 Å². The number of carbonyl (C=O) groups is 2. The van der Waals surface area contributed by atoms with Gasteiger partial charge in [-0.1, -0.05) is 48.5 Å². The fourth-order valence-electron chi connectivity index (χ4n) is 3.85. The van der Waals surface area contributed by atoms with Crippen molar-refractivity contribution in [3.8, 4) is 11.1 Å². The van der Waals surface area contributed by atoms with E-state index in [2.05, 4.69) is 5.32 Å². The molecule has 2 amide bonds. The third-order valence-electron chi connectivity index (χ3n) is 5.72. The van der Waals surface area contributed by atoms with Gasteiger partial charge in [0.15, 0.2) is 12.2 Å². The van der Waals surface area contributed by atoms with Crippen molar-refractivity contribution >= 4 is 17.5 Å². The average molecular weight is 449 g/mol. The Kier molecular flexibility index (Phi) is 6.39. The predicted octanol–water partition coefficient (Wildman–Crippen LogP) is 1.96. The number of benzene rings is 3. The largest absolute Gasteiger partial charge is 0.398 e. The number of fused-ring (bicyclic) bond motifs is 1. The maximum Gasteiger partial charge on any atom is 0.255 e. The predicted molar refractivity (Wildman–Crippen MR) is 121 cm³/mol. The molecule has 0 fully saturated rings. The van der Waals surface area contributed by atoms with Crippen LogP contribution in [0.25, 0.3) is 11.1 Å². The summed E-state index contributed by atoms with van der Waals surface area (Å²) in [6, 6.07) is 18.8. The minimum absolute atomic E-state index is 0.0884. The molecule has 1 aliphatic rings. The van der Waals surface area contributed by atoms with Gasteiger partial charge in [-0.15, -0.1) is 0 Å². The lowest BCUT2D eigenvalue weighted by molar-refractivity contribution is -0.153. The molecule has 2 atom stereocenters. The van der Waals surface area contributed by atoms with E-state index in [1.54, 1.807) is 30.3 Å². The monoisotopic (exact) mass is 449 g/mol. The van der Waals surface area contributed by atoms with Crippen LogP contribution in [0.5, 0.6) is 0 Å². The summed E-state index contributed by atoms with van der Waals surface area (Å²) >= 11 is 0. The number of halogens is 1. The second-order valence-corrected chi connectivity index (χ2v) is 8.00. The van der Waals surface area contributed by atoms with Gasteiger partial charge in [-0.2, -0.15) is 0 Å². The van der Waals surface area contributed by atoms with Crippen LogP contribution in [0.2, 0.25) is 0 Å². The van der Waals surface area contributed by atoms with Gasteiger partial charge < -0.3 is 26.2 Å². The highest BCUT2D eigenvalue weighted by atomic mass is 19.1. The number of hydrogen-bond donors (Lipinski definition) is 4. The highest BCUT2D eigenvalue weighted by Gasteiger charge is 2.35. The number of nitrogens with two attached hydrogens (primary N) is 1. The Labute approximate surface area is 190 Å². The zero-order valence-corrected chi connectivity index (χ0v) is 17.7. The molecule has 1 heterocycles. The first kappa shape index (κ1) is 22.4. The number of hydrogen-bond acceptors (Lipinski definition) is 5. The van der Waals surface area contributed by atoms with E-state index in [4.69, 9.17) is 5.73 Å². The second-order valence-electron chi connectivity index (χ2n) is 8.00. The van der Waals surface area contributed by atoms with Gasteiger partial charge in [0, 0.05) is 30.9 Å². The van der Waals surface area contributed by atoms with Crippen LogP contribution < -0.4 is 11.1 Å². The fourth-order valence-corrected chi connectivity index (χ4v) is 3.85. The SMILES string of the molecule is Nc1cc(F)ccc1-c1ccc(CNC(=O)[C@H](O)[C@@H](O)C(=O)N2Cc3ccccc3C2)cc1. The minimum Gasteiger partial charge on any atom is -0.398 e. The quantitative estimate of drug-likeness (QED) is 0.430. The molecule has 3 aromatic carbocycles. The van der Waals surface area contributed by atoms with E-state index in [1.807, 2.05) is 24.3 Å². The van der Waals surface area contributed by atoms with Crippen LogP contribution in [0.4, 0.5) is 10.1 Å². The number of aliphatic hydroxyl groups is 2. The van der Waals surface area contributed by atoms with Gasteiger partial charge >= 0.3 is 0 Å². The number of carbonyl (C=O) groups excluding carboxylic acids is 2. The number of amides is 2. The standard InChI is InChI=1S/C25H24FN3O4/c26-19-9-10-20(21(27)11-19)16-7-5-15(6-8-16)12-28-24(32)22(30)23(31)25(33)29-13-17-3-1-2-4-18(17)14-29/h1-11,22-23,30-31H,12-14,27H2,(H,28,32)/t22-,23-/m1/s1. The average Bonchev–Trinajstić information content (AvgIpc) is 3.26. The molecule has 3 aromatic rings. The molecule has 0 spiro atoms. The van der Waals surface area contributed by atoms with Crippen molar-refractivity contribution in [2.45, 2.75) is 31.8 Å². The van der Waals surface area contributed by atoms with E-state index in [0.29, 0.717) is 24.3 Å². The summed E-state index contributed by atoms with van der Waals surface area (Å²) < 4.78 is 13.2. The van der Waals surface area contributed by atoms with Crippen LogP contribution >= 0.6 is 0 Å². The molecule has 0 aliphatic carbocycles. The summed E-state index contributed by atoms with van der Waals surface area (Å²) in [6.07, 6.45) is -3.75. The van der Waals surface area contributed by atoms with Gasteiger partial charge in [0.25, 0.3) is 11.8 Å². The zero-order chi connectivity index (χ0) is 23.5. The van der Waals surface area contributed by atoms with Crippen LogP contribution in [0.3, 0.4) is 0 Å². The molecule has 33 heavy (non-hydrogen) atoms. The van der Waals surface area contributed by atoms with E-state index >= 15 is 0 Å².